The van der Waals surface area contributed by atoms with Gasteiger partial charge in [-0.05, 0) is 58.7 Å². The van der Waals surface area contributed by atoms with Crippen molar-refractivity contribution in [1.82, 2.24) is 14.6 Å². The summed E-state index contributed by atoms with van der Waals surface area (Å²) >= 11 is 3.59. The summed E-state index contributed by atoms with van der Waals surface area (Å²) in [5.74, 6) is -3.47. The van der Waals surface area contributed by atoms with E-state index in [-0.39, 0.29) is 31.3 Å². The van der Waals surface area contributed by atoms with Crippen LogP contribution in [0.15, 0.2) is 34.8 Å². The van der Waals surface area contributed by atoms with Crippen LogP contribution in [-0.4, -0.2) is 49.8 Å². The number of carboxylic acid groups (broad SMARTS) is 2. The fourth-order valence-corrected chi connectivity index (χ4v) is 5.02. The van der Waals surface area contributed by atoms with E-state index in [2.05, 4.69) is 31.3 Å². The number of halogens is 4. The molecule has 3 N–H and O–H groups in total. The third-order valence-electron chi connectivity index (χ3n) is 5.21. The molecule has 0 unspecified atom stereocenters. The monoisotopic (exact) mass is 598 g/mol. The molecule has 1 amide bonds. The van der Waals surface area contributed by atoms with E-state index in [1.165, 1.54) is 26.2 Å². The molecule has 4 rings (SSSR count). The lowest BCUT2D eigenvalue weighted by Crippen LogP contribution is -2.16. The summed E-state index contributed by atoms with van der Waals surface area (Å²) in [6, 6.07) is 6.91. The van der Waals surface area contributed by atoms with E-state index < -0.39 is 41.0 Å². The summed E-state index contributed by atoms with van der Waals surface area (Å²) in [6.45, 7) is 1.26. The molecule has 1 aromatic carbocycles. The second kappa shape index (κ2) is 9.48. The number of anilines is 1. The van der Waals surface area contributed by atoms with Crippen molar-refractivity contribution in [3.8, 4) is 17.0 Å². The Bertz CT molecular complexity index is 1580. The van der Waals surface area contributed by atoms with Gasteiger partial charge in [-0.25, -0.2) is 19.1 Å². The Morgan fingerprint density at radius 2 is 1.78 bits per heavy atom. The van der Waals surface area contributed by atoms with E-state index in [0.29, 0.717) is 27.2 Å². The average Bonchev–Trinajstić information content (AvgIpc) is 3.34. The molecule has 0 atom stereocenters. The van der Waals surface area contributed by atoms with Gasteiger partial charge in [0.2, 0.25) is 0 Å². The number of nitrogens with one attached hydrogen (secondary N) is 1. The smallest absolute Gasteiger partial charge is 0.433 e. The second-order valence-corrected chi connectivity index (χ2v) is 9.29. The van der Waals surface area contributed by atoms with Crippen molar-refractivity contribution < 1.29 is 42.5 Å². The van der Waals surface area contributed by atoms with Crippen LogP contribution in [0.4, 0.5) is 18.2 Å². The fraction of sp³-hybridized carbons (Fsp3) is 0.136. The molecule has 0 aliphatic heterocycles. The SMILES string of the molecule is COc1ccc(-c2cc(C(F)(F)F)n3nc(C(=O)Nc4sc(C(=O)O)c(C)c4C(=O)O)c(Br)c3n2)cc1. The lowest BCUT2D eigenvalue weighted by molar-refractivity contribution is -0.142. The minimum Gasteiger partial charge on any atom is -0.497 e. The van der Waals surface area contributed by atoms with Crippen molar-refractivity contribution in [2.45, 2.75) is 13.1 Å². The predicted molar refractivity (Wildman–Crippen MR) is 129 cm³/mol. The first-order valence-corrected chi connectivity index (χ1v) is 11.7. The molecular formula is C22H14BrF3N4O6S. The number of carbonyl (C=O) groups excluding carboxylic acids is 1. The van der Waals surface area contributed by atoms with Gasteiger partial charge >= 0.3 is 18.1 Å². The molecule has 0 radical (unpaired) electrons. The van der Waals surface area contributed by atoms with E-state index in [1.54, 1.807) is 12.1 Å². The number of amides is 1. The Kier molecular flexibility index (Phi) is 6.68. The van der Waals surface area contributed by atoms with Crippen LogP contribution in [0.3, 0.4) is 0 Å². The van der Waals surface area contributed by atoms with Crippen LogP contribution in [0.1, 0.15) is 41.8 Å². The second-order valence-electron chi connectivity index (χ2n) is 7.48. The van der Waals surface area contributed by atoms with Gasteiger partial charge < -0.3 is 20.3 Å². The Morgan fingerprint density at radius 3 is 2.32 bits per heavy atom. The zero-order valence-corrected chi connectivity index (χ0v) is 21.1. The van der Waals surface area contributed by atoms with Gasteiger partial charge in [0, 0.05) is 5.56 Å². The maximum Gasteiger partial charge on any atom is 0.433 e. The molecule has 37 heavy (non-hydrogen) atoms. The molecule has 0 aliphatic carbocycles. The minimum atomic E-state index is -4.88. The van der Waals surface area contributed by atoms with Crippen LogP contribution in [0.2, 0.25) is 0 Å². The number of carboxylic acids is 2. The van der Waals surface area contributed by atoms with Crippen LogP contribution >= 0.6 is 27.3 Å². The Morgan fingerprint density at radius 1 is 1.14 bits per heavy atom. The Balaban J connectivity index is 1.84. The summed E-state index contributed by atoms with van der Waals surface area (Å²) in [4.78, 5) is 40.0. The molecule has 0 spiro atoms. The molecule has 15 heteroatoms. The van der Waals surface area contributed by atoms with Gasteiger partial charge in [-0.15, -0.1) is 11.3 Å². The quantitative estimate of drug-likeness (QED) is 0.274. The normalized spacial score (nSPS) is 11.5. The van der Waals surface area contributed by atoms with Gasteiger partial charge in [0.25, 0.3) is 5.91 Å². The summed E-state index contributed by atoms with van der Waals surface area (Å²) in [6.07, 6.45) is -4.88. The summed E-state index contributed by atoms with van der Waals surface area (Å²) < 4.78 is 47.2. The number of carbonyl (C=O) groups is 3. The molecule has 0 saturated heterocycles. The van der Waals surface area contributed by atoms with Crippen LogP contribution in [0.25, 0.3) is 16.9 Å². The number of fused-ring (bicyclic) bond motifs is 1. The molecular weight excluding hydrogens is 585 g/mol. The zero-order chi connectivity index (χ0) is 27.2. The van der Waals surface area contributed by atoms with E-state index in [0.717, 1.165) is 6.07 Å². The molecule has 0 aliphatic rings. The summed E-state index contributed by atoms with van der Waals surface area (Å²) in [5, 5.41) is 24.5. The lowest BCUT2D eigenvalue weighted by Gasteiger charge is -2.11. The van der Waals surface area contributed by atoms with Gasteiger partial charge in [-0.2, -0.15) is 18.3 Å². The Hall–Kier alpha value is -3.98. The van der Waals surface area contributed by atoms with E-state index in [4.69, 9.17) is 4.74 Å². The number of ether oxygens (including phenoxy) is 1. The number of nitrogens with zero attached hydrogens (tertiary/aromatic N) is 3. The number of rotatable bonds is 6. The van der Waals surface area contributed by atoms with E-state index >= 15 is 0 Å². The number of aromatic nitrogens is 3. The van der Waals surface area contributed by atoms with Crippen molar-refractivity contribution in [2.75, 3.05) is 12.4 Å². The van der Waals surface area contributed by atoms with Gasteiger partial charge in [-0.3, -0.25) is 4.79 Å². The van der Waals surface area contributed by atoms with Crippen molar-refractivity contribution in [3.63, 3.8) is 0 Å². The highest BCUT2D eigenvalue weighted by Gasteiger charge is 2.37. The third-order valence-corrected chi connectivity index (χ3v) is 7.13. The van der Waals surface area contributed by atoms with Crippen LogP contribution in [-0.2, 0) is 6.18 Å². The first-order valence-electron chi connectivity index (χ1n) is 10.1. The maximum absolute atomic E-state index is 13.9. The number of methoxy groups -OCH3 is 1. The topological polar surface area (TPSA) is 143 Å². The number of alkyl halides is 3. The first-order chi connectivity index (χ1) is 17.3. The molecule has 192 valence electrons. The molecule has 4 aromatic rings. The highest BCUT2D eigenvalue weighted by atomic mass is 79.9. The maximum atomic E-state index is 13.9. The van der Waals surface area contributed by atoms with Crippen molar-refractivity contribution in [1.29, 1.82) is 0 Å². The number of aromatic carboxylic acids is 2. The Labute approximate surface area is 217 Å². The number of thiophene rings is 1. The largest absolute Gasteiger partial charge is 0.497 e. The van der Waals surface area contributed by atoms with Crippen molar-refractivity contribution >= 4 is 55.8 Å². The predicted octanol–water partition coefficient (Wildman–Crippen LogP) is 5.20. The molecule has 0 bridgehead atoms. The minimum absolute atomic E-state index is 0.0526. The van der Waals surface area contributed by atoms with Gasteiger partial charge in [0.15, 0.2) is 17.0 Å². The lowest BCUT2D eigenvalue weighted by atomic mass is 10.1. The van der Waals surface area contributed by atoms with Crippen LogP contribution in [0, 0.1) is 6.92 Å². The standard InChI is InChI=1S/C22H14BrF3N4O6S/c1-8-13(20(32)33)19(37-16(8)21(34)35)28-18(31)15-14(23)17-27-11(9-3-5-10(36-2)6-4-9)7-12(22(24,25)26)30(17)29-15/h3-7H,1-2H3,(H,28,31)(H,32,33)(H,34,35). The molecule has 3 aromatic heterocycles. The third kappa shape index (κ3) is 4.74. The fourth-order valence-electron chi connectivity index (χ4n) is 3.47. The van der Waals surface area contributed by atoms with Gasteiger partial charge in [-0.1, -0.05) is 0 Å². The van der Waals surface area contributed by atoms with Crippen molar-refractivity contribution in [3.05, 3.63) is 62.2 Å². The summed E-state index contributed by atoms with van der Waals surface area (Å²) in [7, 11) is 1.44. The van der Waals surface area contributed by atoms with Gasteiger partial charge in [0.1, 0.15) is 15.6 Å². The number of hydrogen-bond donors (Lipinski definition) is 3. The number of benzene rings is 1. The molecule has 3 heterocycles. The first kappa shape index (κ1) is 26.1. The zero-order valence-electron chi connectivity index (χ0n) is 18.7. The van der Waals surface area contributed by atoms with Crippen molar-refractivity contribution in [2.24, 2.45) is 0 Å². The summed E-state index contributed by atoms with van der Waals surface area (Å²) in [5.41, 5.74) is -2.31. The van der Waals surface area contributed by atoms with E-state index in [9.17, 15) is 37.8 Å². The highest BCUT2D eigenvalue weighted by Crippen LogP contribution is 2.37. The van der Waals surface area contributed by atoms with Crippen LogP contribution < -0.4 is 10.1 Å². The highest BCUT2D eigenvalue weighted by molar-refractivity contribution is 9.10. The molecule has 10 nitrogen and oxygen atoms in total. The number of hydrogen-bond acceptors (Lipinski definition) is 7. The average molecular weight is 599 g/mol. The van der Waals surface area contributed by atoms with Gasteiger partial charge in [0.05, 0.1) is 22.8 Å². The molecule has 0 fully saturated rings. The molecule has 0 saturated carbocycles. The van der Waals surface area contributed by atoms with E-state index in [1.807, 2.05) is 0 Å². The van der Waals surface area contributed by atoms with Crippen LogP contribution in [0.5, 0.6) is 5.75 Å².